The van der Waals surface area contributed by atoms with Crippen LogP contribution in [0.1, 0.15) is 12.8 Å². The molecule has 10 heteroatoms. The summed E-state index contributed by atoms with van der Waals surface area (Å²) in [5.41, 5.74) is 0.962. The number of rotatable bonds is 3. The van der Waals surface area contributed by atoms with Crippen molar-refractivity contribution in [1.29, 1.82) is 0 Å². The predicted octanol–water partition coefficient (Wildman–Crippen LogP) is 3.34. The number of hydrogen-bond donors (Lipinski definition) is 0. The number of benzene rings is 1. The minimum atomic E-state index is -3.66. The van der Waals surface area contributed by atoms with Gasteiger partial charge < -0.3 is 4.57 Å². The van der Waals surface area contributed by atoms with Crippen molar-refractivity contribution in [3.63, 3.8) is 0 Å². The summed E-state index contributed by atoms with van der Waals surface area (Å²) in [5.74, 6) is -0.411. The number of halogens is 1. The quantitative estimate of drug-likeness (QED) is 0.570. The van der Waals surface area contributed by atoms with Crippen molar-refractivity contribution in [2.75, 3.05) is 6.54 Å². The fraction of sp³-hybridized carbons (Fsp3) is 0.294. The number of para-hydroxylation sites is 1. The first-order valence-electron chi connectivity index (χ1n) is 8.27. The molecule has 0 spiro atoms. The van der Waals surface area contributed by atoms with E-state index in [1.54, 1.807) is 17.5 Å². The van der Waals surface area contributed by atoms with Crippen LogP contribution < -0.4 is 4.80 Å². The lowest BCUT2D eigenvalue weighted by Gasteiger charge is -2.20. The number of thiazole rings is 1. The molecule has 1 fully saturated rings. The second kappa shape index (κ2) is 7.25. The molecule has 1 atom stereocenters. The van der Waals surface area contributed by atoms with E-state index in [0.29, 0.717) is 24.2 Å². The van der Waals surface area contributed by atoms with Crippen LogP contribution in [0.5, 0.6) is 0 Å². The molecule has 27 heavy (non-hydrogen) atoms. The fourth-order valence-electron chi connectivity index (χ4n) is 3.23. The summed E-state index contributed by atoms with van der Waals surface area (Å²) in [6, 6.07) is 8.36. The normalized spacial score (nSPS) is 19.2. The summed E-state index contributed by atoms with van der Waals surface area (Å²) >= 11 is 6.10. The van der Waals surface area contributed by atoms with Crippen LogP contribution in [-0.2, 0) is 21.9 Å². The Morgan fingerprint density at radius 3 is 2.81 bits per heavy atom. The minimum absolute atomic E-state index is 0.263. The first kappa shape index (κ1) is 19.0. The summed E-state index contributed by atoms with van der Waals surface area (Å²) in [4.78, 5) is 17.7. The third kappa shape index (κ3) is 3.33. The van der Waals surface area contributed by atoms with Gasteiger partial charge in [-0.15, -0.1) is 11.3 Å². The summed E-state index contributed by atoms with van der Waals surface area (Å²) in [5, 5.41) is 1.72. The molecule has 142 valence electrons. The zero-order valence-corrected chi connectivity index (χ0v) is 18.4. The SMILES string of the molecule is Cn1c(=NC(=O)C2CCCN2S(=O)(=O)c2cccs2)sc2cccc(Br)c21. The molecular formula is C17H16BrN3O3S3. The molecule has 3 aromatic rings. The fourth-order valence-corrected chi connectivity index (χ4v) is 7.82. The molecule has 1 saturated heterocycles. The van der Waals surface area contributed by atoms with Gasteiger partial charge in [0.2, 0.25) is 0 Å². The first-order valence-corrected chi connectivity index (χ1v) is 12.2. The Bertz CT molecular complexity index is 1180. The lowest BCUT2D eigenvalue weighted by molar-refractivity contribution is -0.121. The van der Waals surface area contributed by atoms with Crippen molar-refractivity contribution in [2.45, 2.75) is 23.1 Å². The van der Waals surface area contributed by atoms with Crippen molar-refractivity contribution in [3.8, 4) is 0 Å². The molecule has 1 amide bonds. The second-order valence-corrected chi connectivity index (χ2v) is 11.1. The van der Waals surface area contributed by atoms with E-state index in [1.807, 2.05) is 29.8 Å². The Morgan fingerprint density at radius 1 is 1.30 bits per heavy atom. The summed E-state index contributed by atoms with van der Waals surface area (Å²) in [6.45, 7) is 0.344. The molecule has 1 unspecified atom stereocenters. The molecule has 0 bridgehead atoms. The topological polar surface area (TPSA) is 71.7 Å². The van der Waals surface area contributed by atoms with Crippen LogP contribution in [0.4, 0.5) is 0 Å². The van der Waals surface area contributed by atoms with Gasteiger partial charge in [0, 0.05) is 18.1 Å². The average Bonchev–Trinajstić information content (AvgIpc) is 3.36. The van der Waals surface area contributed by atoms with Crippen LogP contribution in [0.2, 0.25) is 0 Å². The second-order valence-electron chi connectivity index (χ2n) is 6.19. The van der Waals surface area contributed by atoms with Gasteiger partial charge in [-0.25, -0.2) is 8.42 Å². The van der Waals surface area contributed by atoms with Gasteiger partial charge in [0.05, 0.1) is 10.2 Å². The molecule has 3 heterocycles. The molecule has 1 aliphatic heterocycles. The van der Waals surface area contributed by atoms with Gasteiger partial charge in [-0.3, -0.25) is 4.79 Å². The number of aromatic nitrogens is 1. The molecule has 0 aliphatic carbocycles. The van der Waals surface area contributed by atoms with Gasteiger partial charge >= 0.3 is 0 Å². The van der Waals surface area contributed by atoms with E-state index < -0.39 is 22.0 Å². The molecule has 0 saturated carbocycles. The third-order valence-electron chi connectivity index (χ3n) is 4.53. The Labute approximate surface area is 173 Å². The Balaban J connectivity index is 1.72. The van der Waals surface area contributed by atoms with Crippen molar-refractivity contribution in [2.24, 2.45) is 12.0 Å². The standard InChI is InChI=1S/C17H16BrN3O3S3/c1-20-15-11(18)5-2-7-13(15)26-17(20)19-16(22)12-6-3-9-21(12)27(23,24)14-8-4-10-25-14/h2,4-5,7-8,10,12H,3,6,9H2,1H3. The number of aryl methyl sites for hydroxylation is 1. The maximum atomic E-state index is 12.9. The lowest BCUT2D eigenvalue weighted by Crippen LogP contribution is -2.40. The van der Waals surface area contributed by atoms with E-state index in [4.69, 9.17) is 0 Å². The largest absolute Gasteiger partial charge is 0.318 e. The highest BCUT2D eigenvalue weighted by atomic mass is 79.9. The van der Waals surface area contributed by atoms with Gasteiger partial charge in [0.15, 0.2) is 4.80 Å². The first-order chi connectivity index (χ1) is 12.9. The van der Waals surface area contributed by atoms with Crippen molar-refractivity contribution in [1.82, 2.24) is 8.87 Å². The molecular weight excluding hydrogens is 470 g/mol. The monoisotopic (exact) mass is 485 g/mol. The van der Waals surface area contributed by atoms with Crippen LogP contribution in [-0.4, -0.2) is 35.8 Å². The predicted molar refractivity (Wildman–Crippen MR) is 110 cm³/mol. The van der Waals surface area contributed by atoms with Crippen LogP contribution in [0.15, 0.2) is 49.4 Å². The Morgan fingerprint density at radius 2 is 2.11 bits per heavy atom. The summed E-state index contributed by atoms with van der Waals surface area (Å²) in [6.07, 6.45) is 1.14. The van der Waals surface area contributed by atoms with E-state index in [9.17, 15) is 13.2 Å². The highest BCUT2D eigenvalue weighted by Gasteiger charge is 2.39. The van der Waals surface area contributed by atoms with Gasteiger partial charge in [0.25, 0.3) is 15.9 Å². The summed E-state index contributed by atoms with van der Waals surface area (Å²) < 4.78 is 31.0. The van der Waals surface area contributed by atoms with Gasteiger partial charge in [-0.2, -0.15) is 9.30 Å². The molecule has 4 rings (SSSR count). The van der Waals surface area contributed by atoms with Crippen LogP contribution in [0, 0.1) is 0 Å². The number of hydrogen-bond acceptors (Lipinski definition) is 5. The van der Waals surface area contributed by atoms with Crippen LogP contribution in [0.25, 0.3) is 10.2 Å². The number of carbonyl (C=O) groups is 1. The van der Waals surface area contributed by atoms with Gasteiger partial charge in [-0.05, 0) is 52.4 Å². The van der Waals surface area contributed by atoms with Gasteiger partial charge in [-0.1, -0.05) is 23.5 Å². The van der Waals surface area contributed by atoms with Gasteiger partial charge in [0.1, 0.15) is 10.3 Å². The Kier molecular flexibility index (Phi) is 5.10. The molecule has 2 aromatic heterocycles. The lowest BCUT2D eigenvalue weighted by atomic mass is 10.2. The third-order valence-corrected chi connectivity index (χ3v) is 9.54. The van der Waals surface area contributed by atoms with Crippen LogP contribution in [0.3, 0.4) is 0 Å². The molecule has 1 aromatic carbocycles. The number of carbonyl (C=O) groups excluding carboxylic acids is 1. The number of sulfonamides is 1. The Hall–Kier alpha value is -1.33. The molecule has 6 nitrogen and oxygen atoms in total. The molecule has 0 N–H and O–H groups in total. The highest BCUT2D eigenvalue weighted by Crippen LogP contribution is 2.29. The summed E-state index contributed by atoms with van der Waals surface area (Å²) in [7, 11) is -1.81. The van der Waals surface area contributed by atoms with Crippen molar-refractivity contribution in [3.05, 3.63) is 45.0 Å². The van der Waals surface area contributed by atoms with E-state index in [0.717, 1.165) is 26.0 Å². The van der Waals surface area contributed by atoms with Crippen molar-refractivity contribution < 1.29 is 13.2 Å². The minimum Gasteiger partial charge on any atom is -0.318 e. The maximum Gasteiger partial charge on any atom is 0.266 e. The van der Waals surface area contributed by atoms with E-state index in [2.05, 4.69) is 20.9 Å². The maximum absolute atomic E-state index is 12.9. The smallest absolute Gasteiger partial charge is 0.266 e. The zero-order valence-electron chi connectivity index (χ0n) is 14.3. The van der Waals surface area contributed by atoms with E-state index in [1.165, 1.54) is 15.6 Å². The molecule has 0 radical (unpaired) electrons. The highest BCUT2D eigenvalue weighted by molar-refractivity contribution is 9.10. The number of amides is 1. The number of thiophene rings is 1. The number of fused-ring (bicyclic) bond motifs is 1. The van der Waals surface area contributed by atoms with Crippen molar-refractivity contribution >= 4 is 64.8 Å². The molecule has 1 aliphatic rings. The number of nitrogens with zero attached hydrogens (tertiary/aromatic N) is 3. The zero-order chi connectivity index (χ0) is 19.2. The van der Waals surface area contributed by atoms with E-state index >= 15 is 0 Å². The average molecular weight is 486 g/mol. The van der Waals surface area contributed by atoms with E-state index in [-0.39, 0.29) is 4.21 Å². The van der Waals surface area contributed by atoms with Crippen LogP contribution >= 0.6 is 38.6 Å².